The molecule has 0 N–H and O–H groups in total. The molecule has 5 heteroatoms. The lowest BCUT2D eigenvalue weighted by molar-refractivity contribution is 0.187. The van der Waals surface area contributed by atoms with Gasteiger partial charge in [0.2, 0.25) is 0 Å². The number of piperazine rings is 1. The minimum absolute atomic E-state index is 0.845. The summed E-state index contributed by atoms with van der Waals surface area (Å²) in [7, 11) is 0. The minimum atomic E-state index is 0.845. The van der Waals surface area contributed by atoms with E-state index in [2.05, 4.69) is 33.6 Å². The lowest BCUT2D eigenvalue weighted by Gasteiger charge is -2.38. The molecular formula is C17H24N4S. The van der Waals surface area contributed by atoms with E-state index in [0.29, 0.717) is 0 Å². The Morgan fingerprint density at radius 3 is 2.50 bits per heavy atom. The maximum absolute atomic E-state index is 4.63. The van der Waals surface area contributed by atoms with Crippen LogP contribution in [0.2, 0.25) is 0 Å². The summed E-state index contributed by atoms with van der Waals surface area (Å²) < 4.78 is 0. The number of nitrogens with zero attached hydrogens (tertiary/aromatic N) is 4. The highest BCUT2D eigenvalue weighted by Crippen LogP contribution is 2.35. The van der Waals surface area contributed by atoms with Crippen molar-refractivity contribution in [3.05, 3.63) is 16.8 Å². The van der Waals surface area contributed by atoms with Crippen LogP contribution in [0.25, 0.3) is 10.2 Å². The number of rotatable bonds is 2. The molecule has 0 spiro atoms. The van der Waals surface area contributed by atoms with E-state index in [-0.39, 0.29) is 0 Å². The number of aryl methyl sites for hydroxylation is 2. The van der Waals surface area contributed by atoms with Crippen LogP contribution < -0.4 is 4.90 Å². The Balaban J connectivity index is 1.56. The summed E-state index contributed by atoms with van der Waals surface area (Å²) in [4.78, 5) is 16.8. The number of aromatic nitrogens is 2. The molecule has 2 aliphatic rings. The van der Waals surface area contributed by atoms with Gasteiger partial charge in [-0.3, -0.25) is 4.90 Å². The van der Waals surface area contributed by atoms with E-state index in [1.165, 1.54) is 54.6 Å². The van der Waals surface area contributed by atoms with E-state index in [9.17, 15) is 0 Å². The number of hydrogen-bond acceptors (Lipinski definition) is 5. The summed E-state index contributed by atoms with van der Waals surface area (Å²) in [5.74, 6) is 1.15. The Morgan fingerprint density at radius 2 is 1.77 bits per heavy atom. The topological polar surface area (TPSA) is 32.3 Å². The molecule has 118 valence electrons. The zero-order chi connectivity index (χ0) is 15.1. The molecule has 2 aromatic rings. The SMILES string of the molecule is Cc1sc2ncnc(N3CCN(C4CCCC4)CC3)c2c1C. The highest BCUT2D eigenvalue weighted by atomic mass is 32.1. The van der Waals surface area contributed by atoms with Gasteiger partial charge in [0.1, 0.15) is 17.0 Å². The Labute approximate surface area is 136 Å². The van der Waals surface area contributed by atoms with Gasteiger partial charge in [0.05, 0.1) is 5.39 Å². The second kappa shape index (κ2) is 5.78. The molecule has 1 aliphatic carbocycles. The highest BCUT2D eigenvalue weighted by molar-refractivity contribution is 7.18. The fraction of sp³-hybridized carbons (Fsp3) is 0.647. The van der Waals surface area contributed by atoms with Gasteiger partial charge >= 0.3 is 0 Å². The molecule has 0 atom stereocenters. The first-order chi connectivity index (χ1) is 10.7. The van der Waals surface area contributed by atoms with E-state index in [0.717, 1.165) is 29.8 Å². The molecule has 0 radical (unpaired) electrons. The van der Waals surface area contributed by atoms with Crippen LogP contribution >= 0.6 is 11.3 Å². The predicted octanol–water partition coefficient (Wildman–Crippen LogP) is 3.37. The van der Waals surface area contributed by atoms with Crippen molar-refractivity contribution in [2.24, 2.45) is 0 Å². The van der Waals surface area contributed by atoms with Crippen molar-refractivity contribution >= 4 is 27.4 Å². The van der Waals surface area contributed by atoms with Gasteiger partial charge in [-0.2, -0.15) is 0 Å². The average molecular weight is 316 g/mol. The van der Waals surface area contributed by atoms with Gasteiger partial charge in [-0.1, -0.05) is 12.8 Å². The average Bonchev–Trinajstić information content (AvgIpc) is 3.17. The number of fused-ring (bicyclic) bond motifs is 1. The van der Waals surface area contributed by atoms with Gasteiger partial charge in [0, 0.05) is 37.1 Å². The summed E-state index contributed by atoms with van der Waals surface area (Å²) in [6, 6.07) is 0.845. The Bertz CT molecular complexity index is 667. The van der Waals surface area contributed by atoms with Gasteiger partial charge in [-0.25, -0.2) is 9.97 Å². The van der Waals surface area contributed by atoms with Gasteiger partial charge in [-0.15, -0.1) is 11.3 Å². The third-order valence-corrected chi connectivity index (χ3v) is 6.52. The van der Waals surface area contributed by atoms with Crippen LogP contribution in [0.15, 0.2) is 6.33 Å². The summed E-state index contributed by atoms with van der Waals surface area (Å²) in [6.45, 7) is 8.93. The maximum Gasteiger partial charge on any atom is 0.141 e. The Morgan fingerprint density at radius 1 is 1.05 bits per heavy atom. The zero-order valence-corrected chi connectivity index (χ0v) is 14.3. The van der Waals surface area contributed by atoms with E-state index in [4.69, 9.17) is 0 Å². The van der Waals surface area contributed by atoms with E-state index >= 15 is 0 Å². The smallest absolute Gasteiger partial charge is 0.141 e. The van der Waals surface area contributed by atoms with Crippen LogP contribution in [0.1, 0.15) is 36.1 Å². The van der Waals surface area contributed by atoms with Gasteiger partial charge in [0.25, 0.3) is 0 Å². The fourth-order valence-electron chi connectivity index (χ4n) is 3.97. The highest BCUT2D eigenvalue weighted by Gasteiger charge is 2.27. The lowest BCUT2D eigenvalue weighted by atomic mass is 10.1. The second-order valence-electron chi connectivity index (χ2n) is 6.62. The molecule has 0 unspecified atom stereocenters. The monoisotopic (exact) mass is 316 g/mol. The molecule has 0 amide bonds. The molecule has 2 fully saturated rings. The van der Waals surface area contributed by atoms with Crippen molar-refractivity contribution in [3.8, 4) is 0 Å². The minimum Gasteiger partial charge on any atom is -0.353 e. The van der Waals surface area contributed by atoms with Gasteiger partial charge < -0.3 is 4.90 Å². The summed E-state index contributed by atoms with van der Waals surface area (Å²) in [5.41, 5.74) is 1.36. The third-order valence-electron chi connectivity index (χ3n) is 5.40. The van der Waals surface area contributed by atoms with Gasteiger partial charge in [0.15, 0.2) is 0 Å². The molecule has 1 saturated carbocycles. The van der Waals surface area contributed by atoms with Gasteiger partial charge in [-0.05, 0) is 32.3 Å². The molecule has 4 nitrogen and oxygen atoms in total. The van der Waals surface area contributed by atoms with Crippen LogP contribution in [0.3, 0.4) is 0 Å². The van der Waals surface area contributed by atoms with Crippen LogP contribution in [-0.2, 0) is 0 Å². The molecular weight excluding hydrogens is 292 g/mol. The van der Waals surface area contributed by atoms with Crippen molar-refractivity contribution in [1.82, 2.24) is 14.9 Å². The first-order valence-corrected chi connectivity index (χ1v) is 9.25. The molecule has 3 heterocycles. The van der Waals surface area contributed by atoms with Crippen molar-refractivity contribution in [3.63, 3.8) is 0 Å². The second-order valence-corrected chi connectivity index (χ2v) is 7.83. The third kappa shape index (κ3) is 2.40. The van der Waals surface area contributed by atoms with Crippen molar-refractivity contribution in [2.75, 3.05) is 31.1 Å². The van der Waals surface area contributed by atoms with Crippen molar-refractivity contribution < 1.29 is 0 Å². The Kier molecular flexibility index (Phi) is 3.78. The maximum atomic E-state index is 4.63. The van der Waals surface area contributed by atoms with Crippen LogP contribution in [-0.4, -0.2) is 47.1 Å². The van der Waals surface area contributed by atoms with E-state index in [1.807, 2.05) is 0 Å². The van der Waals surface area contributed by atoms with E-state index < -0.39 is 0 Å². The number of thiophene rings is 1. The predicted molar refractivity (Wildman–Crippen MR) is 92.9 cm³/mol. The van der Waals surface area contributed by atoms with Crippen molar-refractivity contribution in [1.29, 1.82) is 0 Å². The van der Waals surface area contributed by atoms with Crippen LogP contribution in [0, 0.1) is 13.8 Å². The summed E-state index contributed by atoms with van der Waals surface area (Å²) >= 11 is 1.79. The lowest BCUT2D eigenvalue weighted by Crippen LogP contribution is -2.50. The molecule has 0 aromatic carbocycles. The van der Waals surface area contributed by atoms with E-state index in [1.54, 1.807) is 17.7 Å². The first-order valence-electron chi connectivity index (χ1n) is 8.44. The molecule has 2 aromatic heterocycles. The van der Waals surface area contributed by atoms with Crippen LogP contribution in [0.4, 0.5) is 5.82 Å². The standard InChI is InChI=1S/C17H24N4S/c1-12-13(2)22-17-15(12)16(18-11-19-17)21-9-7-20(8-10-21)14-5-3-4-6-14/h11,14H,3-10H2,1-2H3. The summed E-state index contributed by atoms with van der Waals surface area (Å²) in [5, 5.41) is 1.28. The zero-order valence-electron chi connectivity index (χ0n) is 13.5. The largest absolute Gasteiger partial charge is 0.353 e. The number of anilines is 1. The quantitative estimate of drug-likeness (QED) is 0.850. The molecule has 1 aliphatic heterocycles. The summed E-state index contributed by atoms with van der Waals surface area (Å²) in [6.07, 6.45) is 7.38. The molecule has 1 saturated heterocycles. The molecule has 4 rings (SSSR count). The Hall–Kier alpha value is -1.20. The fourth-order valence-corrected chi connectivity index (χ4v) is 4.96. The number of hydrogen-bond donors (Lipinski definition) is 0. The molecule has 22 heavy (non-hydrogen) atoms. The normalized spacial score (nSPS) is 21.1. The van der Waals surface area contributed by atoms with Crippen molar-refractivity contribution in [2.45, 2.75) is 45.6 Å². The van der Waals surface area contributed by atoms with Crippen LogP contribution in [0.5, 0.6) is 0 Å². The first kappa shape index (κ1) is 14.4. The molecule has 0 bridgehead atoms.